The third-order valence-corrected chi connectivity index (χ3v) is 7.29. The lowest BCUT2D eigenvalue weighted by atomic mass is 9.93. The number of hydrogen-bond donors (Lipinski definition) is 4. The van der Waals surface area contributed by atoms with E-state index in [0.717, 1.165) is 27.9 Å². The van der Waals surface area contributed by atoms with Crippen LogP contribution in [-0.2, 0) is 17.8 Å². The van der Waals surface area contributed by atoms with Crippen LogP contribution in [0.5, 0.6) is 5.75 Å². The number of carbonyl (C=O) groups excluding carboxylic acids is 2. The molecule has 0 saturated heterocycles. The third kappa shape index (κ3) is 6.50. The number of aromatic nitrogens is 2. The number of aryl methyl sites for hydroxylation is 2. The lowest BCUT2D eigenvalue weighted by Crippen LogP contribution is -2.46. The molecule has 0 radical (unpaired) electrons. The SMILES string of the molecule is [2H]C([2H])([2H])Oc1ccc(CN(C(=O)[C@@H](N)Cc2c(C)cc(C(N)=O)cc2C)[C@@H](C)c2ncc(-c3ccccc3)[nH]2)cc1C(=O)O. The highest BCUT2D eigenvalue weighted by Gasteiger charge is 2.29. The predicted octanol–water partition coefficient (Wildman–Crippen LogP) is 4.16. The van der Waals surface area contributed by atoms with E-state index < -0.39 is 36.9 Å². The van der Waals surface area contributed by atoms with Crippen molar-refractivity contribution in [2.45, 2.75) is 45.8 Å². The largest absolute Gasteiger partial charge is 0.496 e. The smallest absolute Gasteiger partial charge is 0.339 e. The van der Waals surface area contributed by atoms with E-state index in [1.165, 1.54) is 23.1 Å². The minimum Gasteiger partial charge on any atom is -0.496 e. The Morgan fingerprint density at radius 1 is 1.10 bits per heavy atom. The van der Waals surface area contributed by atoms with Crippen molar-refractivity contribution in [1.82, 2.24) is 14.9 Å². The Morgan fingerprint density at radius 2 is 1.79 bits per heavy atom. The van der Waals surface area contributed by atoms with Gasteiger partial charge in [0.1, 0.15) is 17.1 Å². The summed E-state index contributed by atoms with van der Waals surface area (Å²) in [5, 5.41) is 9.78. The van der Waals surface area contributed by atoms with Crippen LogP contribution in [0, 0.1) is 13.8 Å². The maximum atomic E-state index is 14.1. The van der Waals surface area contributed by atoms with Gasteiger partial charge < -0.3 is 31.2 Å². The number of aromatic carboxylic acids is 1. The summed E-state index contributed by atoms with van der Waals surface area (Å²) in [5.74, 6) is -2.22. The second kappa shape index (κ2) is 12.7. The molecular formula is C32H35N5O5. The summed E-state index contributed by atoms with van der Waals surface area (Å²) in [4.78, 5) is 47.1. The molecule has 1 aromatic heterocycles. The van der Waals surface area contributed by atoms with Crippen molar-refractivity contribution in [3.05, 3.63) is 106 Å². The number of carboxylic acids is 1. The van der Waals surface area contributed by atoms with Crippen molar-refractivity contribution >= 4 is 17.8 Å². The van der Waals surface area contributed by atoms with Gasteiger partial charge in [-0.15, -0.1) is 0 Å². The zero-order chi connectivity index (χ0) is 33.1. The maximum Gasteiger partial charge on any atom is 0.339 e. The summed E-state index contributed by atoms with van der Waals surface area (Å²) in [7, 11) is -2.85. The Labute approximate surface area is 248 Å². The van der Waals surface area contributed by atoms with Crippen LogP contribution in [-0.4, -0.2) is 50.8 Å². The molecule has 0 bridgehead atoms. The molecule has 6 N–H and O–H groups in total. The fourth-order valence-electron chi connectivity index (χ4n) is 4.97. The second-order valence-electron chi connectivity index (χ2n) is 10.2. The van der Waals surface area contributed by atoms with E-state index in [2.05, 4.69) is 9.97 Å². The fourth-order valence-corrected chi connectivity index (χ4v) is 4.97. The highest BCUT2D eigenvalue weighted by atomic mass is 16.5. The van der Waals surface area contributed by atoms with Gasteiger partial charge in [0.15, 0.2) is 0 Å². The van der Waals surface area contributed by atoms with Crippen molar-refractivity contribution in [3.8, 4) is 17.0 Å². The number of carboxylic acid groups (broad SMARTS) is 1. The molecule has 4 rings (SSSR count). The Hall–Kier alpha value is -4.96. The lowest BCUT2D eigenvalue weighted by Gasteiger charge is -2.31. The average Bonchev–Trinajstić information content (AvgIpc) is 3.47. The first-order valence-electron chi connectivity index (χ1n) is 14.8. The number of nitrogens with one attached hydrogen (secondary N) is 1. The molecule has 42 heavy (non-hydrogen) atoms. The van der Waals surface area contributed by atoms with E-state index >= 15 is 0 Å². The van der Waals surface area contributed by atoms with Crippen LogP contribution >= 0.6 is 0 Å². The van der Waals surface area contributed by atoms with E-state index in [-0.39, 0.29) is 24.3 Å². The second-order valence-corrected chi connectivity index (χ2v) is 10.2. The van der Waals surface area contributed by atoms with Gasteiger partial charge in [-0.2, -0.15) is 0 Å². The topological polar surface area (TPSA) is 165 Å². The Morgan fingerprint density at radius 3 is 2.40 bits per heavy atom. The summed E-state index contributed by atoms with van der Waals surface area (Å²) in [5.41, 5.74) is 16.4. The molecule has 0 unspecified atom stereocenters. The zero-order valence-electron chi connectivity index (χ0n) is 26.5. The van der Waals surface area contributed by atoms with E-state index in [1.54, 1.807) is 25.3 Å². The normalized spacial score (nSPS) is 13.8. The van der Waals surface area contributed by atoms with Gasteiger partial charge in [0.2, 0.25) is 11.8 Å². The molecule has 1 heterocycles. The number of imidazole rings is 1. The molecule has 218 valence electrons. The number of methoxy groups -OCH3 is 1. The summed E-state index contributed by atoms with van der Waals surface area (Å²) in [6, 6.07) is 15.2. The van der Waals surface area contributed by atoms with Crippen LogP contribution in [0.15, 0.2) is 66.9 Å². The summed E-state index contributed by atoms with van der Waals surface area (Å²) < 4.78 is 27.0. The molecule has 4 aromatic rings. The van der Waals surface area contributed by atoms with Crippen molar-refractivity contribution in [2.75, 3.05) is 7.04 Å². The van der Waals surface area contributed by atoms with Gasteiger partial charge in [-0.3, -0.25) is 9.59 Å². The standard InChI is InChI=1S/C32H35N5O5/c1-18-12-23(29(34)38)13-19(2)24(18)15-26(33)31(39)37(17-21-10-11-28(42-4)25(14-21)32(40)41)20(3)30-35-16-27(36-30)22-8-6-5-7-9-22/h5-14,16,20,26H,15,17,33H2,1-4H3,(H2,34,38)(H,35,36)(H,40,41)/t20-,26-/m0/s1/i4D3. The summed E-state index contributed by atoms with van der Waals surface area (Å²) >= 11 is 0. The fraction of sp³-hybridized carbons (Fsp3) is 0.250. The molecule has 0 aliphatic heterocycles. The quantitative estimate of drug-likeness (QED) is 0.209. The van der Waals surface area contributed by atoms with Crippen LogP contribution in [0.1, 0.15) is 65.9 Å². The van der Waals surface area contributed by atoms with Crippen LogP contribution in [0.4, 0.5) is 0 Å². The minimum atomic E-state index is -2.85. The monoisotopic (exact) mass is 572 g/mol. The Bertz CT molecular complexity index is 1700. The molecule has 2 atom stereocenters. The Balaban J connectivity index is 1.69. The van der Waals surface area contributed by atoms with Crippen molar-refractivity contribution < 1.29 is 28.3 Å². The molecule has 3 aromatic carbocycles. The minimum absolute atomic E-state index is 0.0675. The number of benzene rings is 3. The third-order valence-electron chi connectivity index (χ3n) is 7.29. The van der Waals surface area contributed by atoms with Gasteiger partial charge in [0, 0.05) is 12.1 Å². The molecule has 0 aliphatic carbocycles. The molecule has 0 saturated carbocycles. The van der Waals surface area contributed by atoms with Gasteiger partial charge in [-0.1, -0.05) is 36.4 Å². The van der Waals surface area contributed by atoms with Crippen LogP contribution < -0.4 is 16.2 Å². The molecular weight excluding hydrogens is 534 g/mol. The molecule has 0 aliphatic rings. The van der Waals surface area contributed by atoms with Crippen molar-refractivity contribution in [1.29, 1.82) is 0 Å². The van der Waals surface area contributed by atoms with Gasteiger partial charge in [-0.05, 0) is 79.3 Å². The van der Waals surface area contributed by atoms with Crippen molar-refractivity contribution in [3.63, 3.8) is 0 Å². The summed E-state index contributed by atoms with van der Waals surface area (Å²) in [6.45, 7) is 5.34. The highest BCUT2D eigenvalue weighted by Crippen LogP contribution is 2.28. The number of H-pyrrole nitrogens is 1. The number of ether oxygens (including phenoxy) is 1. The number of nitrogens with two attached hydrogens (primary N) is 2. The number of aromatic amines is 1. The van der Waals surface area contributed by atoms with E-state index in [4.69, 9.17) is 20.3 Å². The lowest BCUT2D eigenvalue weighted by molar-refractivity contribution is -0.135. The first-order chi connectivity index (χ1) is 21.1. The van der Waals surface area contributed by atoms with Gasteiger partial charge in [-0.25, -0.2) is 9.78 Å². The molecule has 10 nitrogen and oxygen atoms in total. The van der Waals surface area contributed by atoms with E-state index in [0.29, 0.717) is 17.0 Å². The zero-order valence-corrected chi connectivity index (χ0v) is 23.5. The molecule has 10 heteroatoms. The summed E-state index contributed by atoms with van der Waals surface area (Å²) in [6.07, 6.45) is 1.83. The van der Waals surface area contributed by atoms with Crippen LogP contribution in [0.25, 0.3) is 11.3 Å². The maximum absolute atomic E-state index is 14.1. The van der Waals surface area contributed by atoms with Gasteiger partial charge in [0.05, 0.1) is 35.1 Å². The number of rotatable bonds is 11. The number of hydrogen-bond acceptors (Lipinski definition) is 6. The first kappa shape index (κ1) is 26.0. The Kier molecular flexibility index (Phi) is 7.85. The molecule has 2 amide bonds. The number of primary amides is 1. The van der Waals surface area contributed by atoms with Crippen LogP contribution in [0.2, 0.25) is 0 Å². The van der Waals surface area contributed by atoms with Crippen molar-refractivity contribution in [2.24, 2.45) is 11.5 Å². The molecule has 0 fully saturated rings. The van der Waals surface area contributed by atoms with Crippen LogP contribution in [0.3, 0.4) is 0 Å². The van der Waals surface area contributed by atoms with Gasteiger partial charge >= 0.3 is 5.97 Å². The van der Waals surface area contributed by atoms with Gasteiger partial charge in [0.25, 0.3) is 0 Å². The first-order valence-corrected chi connectivity index (χ1v) is 13.3. The molecule has 0 spiro atoms. The van der Waals surface area contributed by atoms with E-state index in [1.807, 2.05) is 44.2 Å². The average molecular weight is 573 g/mol. The number of carbonyl (C=O) groups is 3. The van der Waals surface area contributed by atoms with E-state index in [9.17, 15) is 19.5 Å². The number of amides is 2. The predicted molar refractivity (Wildman–Crippen MR) is 159 cm³/mol. The highest BCUT2D eigenvalue weighted by molar-refractivity contribution is 5.93. The number of nitrogens with zero attached hydrogens (tertiary/aromatic N) is 2.